The molecule has 3 aromatic carbocycles. The summed E-state index contributed by atoms with van der Waals surface area (Å²) in [6.07, 6.45) is 0. The monoisotopic (exact) mass is 484 g/mol. The Hall–Kier alpha value is -4.72. The zero-order chi connectivity index (χ0) is 25.4. The SMILES string of the molecule is COc1ccc(-c2cc(=O)c3cc4[nH]c(-c5ccc(OC)c(OC)c5)cc(=O)c4cc3[nH]2)cc1OC. The lowest BCUT2D eigenvalue weighted by Gasteiger charge is -2.12. The molecule has 2 aromatic heterocycles. The Morgan fingerprint density at radius 3 is 1.25 bits per heavy atom. The quantitative estimate of drug-likeness (QED) is 0.338. The third-order valence-corrected chi connectivity index (χ3v) is 6.17. The summed E-state index contributed by atoms with van der Waals surface area (Å²) in [6, 6.07) is 17.3. The highest BCUT2D eigenvalue weighted by Gasteiger charge is 2.13. The van der Waals surface area contributed by atoms with Gasteiger partial charge in [-0.25, -0.2) is 0 Å². The van der Waals surface area contributed by atoms with E-state index in [2.05, 4.69) is 9.97 Å². The van der Waals surface area contributed by atoms with Gasteiger partial charge in [0.25, 0.3) is 0 Å². The Balaban J connectivity index is 1.65. The van der Waals surface area contributed by atoms with Gasteiger partial charge in [0.1, 0.15) is 0 Å². The van der Waals surface area contributed by atoms with Gasteiger partial charge in [0.2, 0.25) is 0 Å². The fourth-order valence-electron chi connectivity index (χ4n) is 4.31. The number of ether oxygens (including phenoxy) is 4. The molecule has 0 spiro atoms. The zero-order valence-corrected chi connectivity index (χ0v) is 20.2. The van der Waals surface area contributed by atoms with E-state index >= 15 is 0 Å². The summed E-state index contributed by atoms with van der Waals surface area (Å²) in [5.74, 6) is 2.28. The third-order valence-electron chi connectivity index (χ3n) is 6.17. The van der Waals surface area contributed by atoms with E-state index in [1.807, 2.05) is 12.1 Å². The minimum Gasteiger partial charge on any atom is -0.493 e. The Bertz CT molecular complexity index is 1610. The Morgan fingerprint density at radius 2 is 0.889 bits per heavy atom. The molecule has 0 aliphatic rings. The van der Waals surface area contributed by atoms with Crippen LogP contribution in [0.1, 0.15) is 0 Å². The molecule has 5 aromatic rings. The number of pyridine rings is 2. The lowest BCUT2D eigenvalue weighted by Crippen LogP contribution is -2.07. The number of hydrogen-bond acceptors (Lipinski definition) is 6. The first-order valence-electron chi connectivity index (χ1n) is 11.1. The first-order chi connectivity index (χ1) is 17.4. The summed E-state index contributed by atoms with van der Waals surface area (Å²) in [5, 5.41) is 0.929. The average molecular weight is 485 g/mol. The molecule has 0 aliphatic heterocycles. The number of aromatic amines is 2. The van der Waals surface area contributed by atoms with Crippen LogP contribution >= 0.6 is 0 Å². The maximum Gasteiger partial charge on any atom is 0.190 e. The largest absolute Gasteiger partial charge is 0.493 e. The van der Waals surface area contributed by atoms with E-state index < -0.39 is 0 Å². The van der Waals surface area contributed by atoms with Crippen molar-refractivity contribution in [2.45, 2.75) is 0 Å². The Morgan fingerprint density at radius 1 is 0.500 bits per heavy atom. The molecular formula is C28H24N2O6. The van der Waals surface area contributed by atoms with Crippen LogP contribution in [0.5, 0.6) is 23.0 Å². The fraction of sp³-hybridized carbons (Fsp3) is 0.143. The van der Waals surface area contributed by atoms with Crippen LogP contribution in [0.3, 0.4) is 0 Å². The lowest BCUT2D eigenvalue weighted by molar-refractivity contribution is 0.355. The molecule has 2 heterocycles. The van der Waals surface area contributed by atoms with Gasteiger partial charge in [0.15, 0.2) is 33.9 Å². The molecule has 5 rings (SSSR count). The van der Waals surface area contributed by atoms with Crippen LogP contribution < -0.4 is 29.8 Å². The second-order valence-corrected chi connectivity index (χ2v) is 8.18. The molecule has 8 heteroatoms. The van der Waals surface area contributed by atoms with Crippen molar-refractivity contribution >= 4 is 21.8 Å². The smallest absolute Gasteiger partial charge is 0.190 e. The predicted molar refractivity (Wildman–Crippen MR) is 140 cm³/mol. The highest BCUT2D eigenvalue weighted by Crippen LogP contribution is 2.33. The van der Waals surface area contributed by atoms with Crippen molar-refractivity contribution in [3.05, 3.63) is 81.1 Å². The summed E-state index contributed by atoms with van der Waals surface area (Å²) in [5.41, 5.74) is 3.49. The molecule has 0 atom stereocenters. The van der Waals surface area contributed by atoms with Gasteiger partial charge in [0, 0.05) is 45.4 Å². The van der Waals surface area contributed by atoms with Crippen molar-refractivity contribution in [1.82, 2.24) is 9.97 Å². The molecule has 0 aliphatic carbocycles. The summed E-state index contributed by atoms with van der Waals surface area (Å²) in [7, 11) is 6.24. The number of rotatable bonds is 6. The Kier molecular flexibility index (Phi) is 5.85. The molecule has 0 saturated heterocycles. The van der Waals surface area contributed by atoms with Crippen molar-refractivity contribution in [3.63, 3.8) is 0 Å². The van der Waals surface area contributed by atoms with Crippen LogP contribution in [-0.4, -0.2) is 38.4 Å². The van der Waals surface area contributed by atoms with Gasteiger partial charge in [-0.15, -0.1) is 0 Å². The second kappa shape index (κ2) is 9.14. The zero-order valence-electron chi connectivity index (χ0n) is 20.2. The fourth-order valence-corrected chi connectivity index (χ4v) is 4.31. The summed E-state index contributed by atoms with van der Waals surface area (Å²) in [6.45, 7) is 0. The molecule has 0 radical (unpaired) electrons. The number of hydrogen-bond donors (Lipinski definition) is 2. The first kappa shape index (κ1) is 23.0. The third kappa shape index (κ3) is 3.92. The van der Waals surface area contributed by atoms with Crippen LogP contribution in [0, 0.1) is 0 Å². The Labute approximate surface area is 206 Å². The molecule has 0 amide bonds. The van der Waals surface area contributed by atoms with E-state index in [1.54, 1.807) is 64.8 Å². The van der Waals surface area contributed by atoms with Gasteiger partial charge in [0.05, 0.1) is 39.5 Å². The molecule has 0 fully saturated rings. The van der Waals surface area contributed by atoms with Crippen LogP contribution in [-0.2, 0) is 0 Å². The lowest BCUT2D eigenvalue weighted by atomic mass is 10.0. The van der Waals surface area contributed by atoms with Crippen molar-refractivity contribution in [2.24, 2.45) is 0 Å². The molecule has 2 N–H and O–H groups in total. The second-order valence-electron chi connectivity index (χ2n) is 8.18. The minimum absolute atomic E-state index is 0.173. The van der Waals surface area contributed by atoms with E-state index in [0.717, 1.165) is 11.1 Å². The van der Waals surface area contributed by atoms with E-state index in [0.29, 0.717) is 56.2 Å². The highest BCUT2D eigenvalue weighted by atomic mass is 16.5. The molecule has 0 saturated carbocycles. The number of H-pyrrole nitrogens is 2. The van der Waals surface area contributed by atoms with E-state index in [9.17, 15) is 9.59 Å². The number of aromatic nitrogens is 2. The summed E-state index contributed by atoms with van der Waals surface area (Å²) in [4.78, 5) is 32.8. The molecule has 0 bridgehead atoms. The van der Waals surface area contributed by atoms with Crippen LogP contribution in [0.25, 0.3) is 44.3 Å². The first-order valence-corrected chi connectivity index (χ1v) is 11.1. The minimum atomic E-state index is -0.173. The van der Waals surface area contributed by atoms with Crippen molar-refractivity contribution in [1.29, 1.82) is 0 Å². The standard InChI is InChI=1S/C28H24N2O6/c1-33-25-7-5-15(9-27(25)35-3)19-13-23(31)17-12-22-18(11-21(17)29-19)24(32)14-20(30-22)16-6-8-26(34-2)28(10-16)36-4/h5-14H,1-4H3,(H,29,31)(H,30,32). The van der Waals surface area contributed by atoms with Crippen molar-refractivity contribution in [3.8, 4) is 45.5 Å². The number of benzene rings is 3. The van der Waals surface area contributed by atoms with E-state index in [4.69, 9.17) is 18.9 Å². The van der Waals surface area contributed by atoms with E-state index in [1.165, 1.54) is 12.1 Å². The van der Waals surface area contributed by atoms with Crippen molar-refractivity contribution in [2.75, 3.05) is 28.4 Å². The van der Waals surface area contributed by atoms with Gasteiger partial charge >= 0.3 is 0 Å². The van der Waals surface area contributed by atoms with Gasteiger partial charge in [-0.2, -0.15) is 0 Å². The topological polar surface area (TPSA) is 103 Å². The predicted octanol–water partition coefficient (Wildman–Crippen LogP) is 4.74. The van der Waals surface area contributed by atoms with Gasteiger partial charge in [-0.1, -0.05) is 0 Å². The molecule has 0 unspecified atom stereocenters. The molecular weight excluding hydrogens is 460 g/mol. The maximum absolute atomic E-state index is 13.1. The number of methoxy groups -OCH3 is 4. The maximum atomic E-state index is 13.1. The van der Waals surface area contributed by atoms with Gasteiger partial charge in [-0.05, 0) is 48.5 Å². The normalized spacial score (nSPS) is 11.0. The van der Waals surface area contributed by atoms with Crippen LogP contribution in [0.4, 0.5) is 0 Å². The average Bonchev–Trinajstić information content (AvgIpc) is 2.91. The van der Waals surface area contributed by atoms with Crippen LogP contribution in [0.2, 0.25) is 0 Å². The molecule has 8 nitrogen and oxygen atoms in total. The van der Waals surface area contributed by atoms with Gasteiger partial charge < -0.3 is 28.9 Å². The van der Waals surface area contributed by atoms with Gasteiger partial charge in [-0.3, -0.25) is 9.59 Å². The number of fused-ring (bicyclic) bond motifs is 2. The van der Waals surface area contributed by atoms with Crippen molar-refractivity contribution < 1.29 is 18.9 Å². The number of nitrogens with one attached hydrogen (secondary N) is 2. The van der Waals surface area contributed by atoms with Crippen LogP contribution in [0.15, 0.2) is 70.3 Å². The van der Waals surface area contributed by atoms with E-state index in [-0.39, 0.29) is 10.9 Å². The molecule has 182 valence electrons. The highest BCUT2D eigenvalue weighted by molar-refractivity contribution is 5.96. The summed E-state index contributed by atoms with van der Waals surface area (Å²) < 4.78 is 21.4. The molecule has 36 heavy (non-hydrogen) atoms. The summed E-state index contributed by atoms with van der Waals surface area (Å²) >= 11 is 0.